The number of hydrogen-bond acceptors (Lipinski definition) is 5. The van der Waals surface area contributed by atoms with Crippen LogP contribution in [0.5, 0.6) is 0 Å². The lowest BCUT2D eigenvalue weighted by Gasteiger charge is -2.29. The molecule has 0 saturated carbocycles. The molecule has 158 valence electrons. The van der Waals surface area contributed by atoms with E-state index in [0.29, 0.717) is 37.7 Å². The van der Waals surface area contributed by atoms with Gasteiger partial charge in [0.15, 0.2) is 6.61 Å². The van der Waals surface area contributed by atoms with E-state index in [4.69, 9.17) is 4.74 Å². The van der Waals surface area contributed by atoms with Gasteiger partial charge in [-0.25, -0.2) is 0 Å². The molecule has 29 heavy (non-hydrogen) atoms. The molecule has 0 aliphatic carbocycles. The summed E-state index contributed by atoms with van der Waals surface area (Å²) in [6.07, 6.45) is -2.61. The molecule has 1 fully saturated rings. The number of carbonyl (C=O) groups excluding carboxylic acids is 3. The number of ketones is 1. The number of likely N-dealkylation sites (tertiary alicyclic amines) is 1. The number of esters is 1. The van der Waals surface area contributed by atoms with Crippen molar-refractivity contribution in [3.05, 3.63) is 40.5 Å². The van der Waals surface area contributed by atoms with Gasteiger partial charge < -0.3 is 15.0 Å². The average Bonchev–Trinajstić information content (AvgIpc) is 2.66. The van der Waals surface area contributed by atoms with Gasteiger partial charge in [0.25, 0.3) is 11.7 Å². The van der Waals surface area contributed by atoms with Crippen LogP contribution in [0.1, 0.15) is 18.4 Å². The molecular weight excluding hydrogens is 457 g/mol. The maximum Gasteiger partial charge on any atom is 0.454 e. The summed E-state index contributed by atoms with van der Waals surface area (Å²) < 4.78 is 42.5. The van der Waals surface area contributed by atoms with Crippen LogP contribution in [0.25, 0.3) is 0 Å². The van der Waals surface area contributed by atoms with Gasteiger partial charge in [-0.15, -0.1) is 0 Å². The molecule has 1 heterocycles. The number of piperidine rings is 1. The number of nitrogens with zero attached hydrogens (tertiary/aromatic N) is 1. The van der Waals surface area contributed by atoms with Gasteiger partial charge in [-0.1, -0.05) is 15.9 Å². The molecule has 6 nitrogen and oxygen atoms in total. The summed E-state index contributed by atoms with van der Waals surface area (Å²) >= 11 is 3.36. The molecule has 0 aromatic heterocycles. The lowest BCUT2D eigenvalue weighted by atomic mass is 9.97. The van der Waals surface area contributed by atoms with Crippen LogP contribution in [0.3, 0.4) is 0 Å². The molecule has 1 aromatic rings. The second kappa shape index (κ2) is 9.91. The van der Waals surface area contributed by atoms with Gasteiger partial charge in [0.2, 0.25) is 0 Å². The summed E-state index contributed by atoms with van der Waals surface area (Å²) in [6.45, 7) is 2.08. The predicted octanol–water partition coefficient (Wildman–Crippen LogP) is 3.60. The molecule has 1 aromatic carbocycles. The van der Waals surface area contributed by atoms with Gasteiger partial charge in [0.05, 0.1) is 5.92 Å². The Bertz CT molecular complexity index is 803. The quantitative estimate of drug-likeness (QED) is 0.501. The Labute approximate surface area is 174 Å². The highest BCUT2D eigenvalue weighted by Gasteiger charge is 2.36. The molecule has 1 N–H and O–H groups in total. The third-order valence-corrected chi connectivity index (χ3v) is 5.26. The third-order valence-electron chi connectivity index (χ3n) is 4.37. The van der Waals surface area contributed by atoms with Gasteiger partial charge in [0.1, 0.15) is 0 Å². The highest BCUT2D eigenvalue weighted by atomic mass is 79.9. The summed E-state index contributed by atoms with van der Waals surface area (Å²) in [5.41, 5.74) is 1.53. The SMILES string of the molecule is Cc1cc(NC(=O)COC(=O)C2CCN(C=CC(=O)C(F)(F)F)CC2)ccc1Br. The molecule has 1 aliphatic rings. The fourth-order valence-corrected chi connectivity index (χ4v) is 2.97. The van der Waals surface area contributed by atoms with Gasteiger partial charge in [-0.3, -0.25) is 14.4 Å². The predicted molar refractivity (Wildman–Crippen MR) is 103 cm³/mol. The minimum Gasteiger partial charge on any atom is -0.455 e. The highest BCUT2D eigenvalue weighted by molar-refractivity contribution is 9.10. The number of benzene rings is 1. The topological polar surface area (TPSA) is 75.7 Å². The summed E-state index contributed by atoms with van der Waals surface area (Å²) in [4.78, 5) is 36.4. The van der Waals surface area contributed by atoms with Crippen molar-refractivity contribution in [3.8, 4) is 0 Å². The van der Waals surface area contributed by atoms with Crippen LogP contribution >= 0.6 is 15.9 Å². The third kappa shape index (κ3) is 7.19. The number of halogens is 4. The maximum absolute atomic E-state index is 12.2. The van der Waals surface area contributed by atoms with Crippen LogP contribution in [0.4, 0.5) is 18.9 Å². The molecule has 0 radical (unpaired) electrons. The molecule has 0 spiro atoms. The number of allylic oxidation sites excluding steroid dienone is 1. The fraction of sp³-hybridized carbons (Fsp3) is 0.421. The maximum atomic E-state index is 12.2. The number of carbonyl (C=O) groups is 3. The van der Waals surface area contributed by atoms with Gasteiger partial charge in [-0.05, 0) is 43.5 Å². The molecule has 0 bridgehead atoms. The Kier molecular flexibility index (Phi) is 7.83. The monoisotopic (exact) mass is 476 g/mol. The standard InChI is InChI=1S/C19H20BrF3N2O4/c1-12-10-14(2-3-15(12)20)24-17(27)11-29-18(28)13-4-7-25(8-5-13)9-6-16(26)19(21,22)23/h2-3,6,9-10,13H,4-5,7-8,11H2,1H3,(H,24,27). The van der Waals surface area contributed by atoms with Crippen molar-refractivity contribution in [2.24, 2.45) is 5.92 Å². The Morgan fingerprint density at radius 1 is 1.28 bits per heavy atom. The first kappa shape index (κ1) is 22.9. The first-order chi connectivity index (χ1) is 13.6. The number of nitrogens with one attached hydrogen (secondary N) is 1. The van der Waals surface area contributed by atoms with E-state index in [1.807, 2.05) is 6.92 Å². The molecule has 2 rings (SSSR count). The van der Waals surface area contributed by atoms with E-state index in [0.717, 1.165) is 16.2 Å². The molecule has 0 atom stereocenters. The van der Waals surface area contributed by atoms with E-state index in [-0.39, 0.29) is 0 Å². The Morgan fingerprint density at radius 2 is 1.93 bits per heavy atom. The summed E-state index contributed by atoms with van der Waals surface area (Å²) in [5.74, 6) is -3.36. The van der Waals surface area contributed by atoms with Crippen molar-refractivity contribution in [1.29, 1.82) is 0 Å². The number of anilines is 1. The second-order valence-corrected chi connectivity index (χ2v) is 7.46. The van der Waals surface area contributed by atoms with Crippen molar-refractivity contribution in [1.82, 2.24) is 4.90 Å². The lowest BCUT2D eigenvalue weighted by molar-refractivity contribution is -0.165. The minimum atomic E-state index is -4.89. The zero-order valence-corrected chi connectivity index (χ0v) is 17.2. The normalized spacial score (nSPS) is 15.4. The van der Waals surface area contributed by atoms with E-state index < -0.39 is 36.4 Å². The molecule has 1 aliphatic heterocycles. The van der Waals surface area contributed by atoms with Crippen molar-refractivity contribution in [2.75, 3.05) is 25.0 Å². The summed E-state index contributed by atoms with van der Waals surface area (Å²) in [5, 5.41) is 2.64. The van der Waals surface area contributed by atoms with Crippen molar-refractivity contribution in [3.63, 3.8) is 0 Å². The van der Waals surface area contributed by atoms with Gasteiger partial charge in [-0.2, -0.15) is 13.2 Å². The van der Waals surface area contributed by atoms with Crippen molar-refractivity contribution in [2.45, 2.75) is 25.9 Å². The van der Waals surface area contributed by atoms with Crippen LogP contribution < -0.4 is 5.32 Å². The van der Waals surface area contributed by atoms with Crippen LogP contribution in [-0.2, 0) is 19.1 Å². The van der Waals surface area contributed by atoms with Crippen LogP contribution in [-0.4, -0.2) is 48.4 Å². The average molecular weight is 477 g/mol. The molecular formula is C19H20BrF3N2O4. The molecule has 10 heteroatoms. The Hall–Kier alpha value is -2.36. The molecule has 1 saturated heterocycles. The van der Waals surface area contributed by atoms with E-state index in [2.05, 4.69) is 21.2 Å². The van der Waals surface area contributed by atoms with Gasteiger partial charge >= 0.3 is 12.1 Å². The van der Waals surface area contributed by atoms with Crippen LogP contribution in [0.15, 0.2) is 34.9 Å². The lowest BCUT2D eigenvalue weighted by Crippen LogP contribution is -2.35. The van der Waals surface area contributed by atoms with E-state index in [1.165, 1.54) is 4.90 Å². The largest absolute Gasteiger partial charge is 0.455 e. The summed E-state index contributed by atoms with van der Waals surface area (Å²) in [6, 6.07) is 5.28. The minimum absolute atomic E-state index is 0.311. The zero-order valence-electron chi connectivity index (χ0n) is 15.6. The fourth-order valence-electron chi connectivity index (χ4n) is 2.73. The smallest absolute Gasteiger partial charge is 0.454 e. The Balaban J connectivity index is 1.74. The number of ether oxygens (including phenoxy) is 1. The van der Waals surface area contributed by atoms with E-state index in [1.54, 1.807) is 18.2 Å². The Morgan fingerprint density at radius 3 is 2.52 bits per heavy atom. The second-order valence-electron chi connectivity index (χ2n) is 6.61. The number of alkyl halides is 3. The highest BCUT2D eigenvalue weighted by Crippen LogP contribution is 2.21. The summed E-state index contributed by atoms with van der Waals surface area (Å²) in [7, 11) is 0. The van der Waals surface area contributed by atoms with Gasteiger partial charge in [0, 0.05) is 35.5 Å². The number of hydrogen-bond donors (Lipinski definition) is 1. The van der Waals surface area contributed by atoms with Crippen molar-refractivity contribution < 1.29 is 32.3 Å². The number of rotatable bonds is 6. The number of amides is 1. The van der Waals surface area contributed by atoms with Crippen LogP contribution in [0.2, 0.25) is 0 Å². The van der Waals surface area contributed by atoms with E-state index in [9.17, 15) is 27.6 Å². The molecule has 0 unspecified atom stereocenters. The first-order valence-electron chi connectivity index (χ1n) is 8.82. The number of aryl methyl sites for hydroxylation is 1. The first-order valence-corrected chi connectivity index (χ1v) is 9.61. The van der Waals surface area contributed by atoms with E-state index >= 15 is 0 Å². The van der Waals surface area contributed by atoms with Crippen LogP contribution in [0, 0.1) is 12.8 Å². The molecule has 1 amide bonds. The zero-order chi connectivity index (χ0) is 21.6. The van der Waals surface area contributed by atoms with Crippen molar-refractivity contribution >= 4 is 39.3 Å².